The zero-order valence-electron chi connectivity index (χ0n) is 16.1. The maximum absolute atomic E-state index is 11.9. The molecule has 0 saturated carbocycles. The smallest absolute Gasteiger partial charge is 0.331 e. The minimum atomic E-state index is -0.625. The van der Waals surface area contributed by atoms with Crippen LogP contribution in [0.25, 0.3) is 6.08 Å². The number of hydrogen-bond donors (Lipinski definition) is 1. The quantitative estimate of drug-likeness (QED) is 0.472. The Kier molecular flexibility index (Phi) is 6.89. The van der Waals surface area contributed by atoms with Gasteiger partial charge in [0.2, 0.25) is 0 Å². The SMILES string of the molecule is CCc1cccc(NC(=O)COC(=O)/C=C/c2cn(Cc3ccccc3)nn2)c1. The van der Waals surface area contributed by atoms with Crippen LogP contribution in [0.15, 0.2) is 66.9 Å². The molecule has 0 aliphatic rings. The molecule has 0 aliphatic carbocycles. The molecule has 0 fully saturated rings. The van der Waals surface area contributed by atoms with Gasteiger partial charge in [-0.2, -0.15) is 0 Å². The van der Waals surface area contributed by atoms with Crippen molar-refractivity contribution in [2.45, 2.75) is 19.9 Å². The molecule has 7 heteroatoms. The van der Waals surface area contributed by atoms with Crippen molar-refractivity contribution in [1.82, 2.24) is 15.0 Å². The largest absolute Gasteiger partial charge is 0.452 e. The third kappa shape index (κ3) is 6.42. The lowest BCUT2D eigenvalue weighted by atomic mass is 10.1. The Bertz CT molecular complexity index is 996. The Morgan fingerprint density at radius 1 is 1.10 bits per heavy atom. The van der Waals surface area contributed by atoms with Gasteiger partial charge in [0, 0.05) is 11.8 Å². The van der Waals surface area contributed by atoms with Crippen LogP contribution in [0, 0.1) is 0 Å². The van der Waals surface area contributed by atoms with Gasteiger partial charge >= 0.3 is 5.97 Å². The Morgan fingerprint density at radius 2 is 1.90 bits per heavy atom. The van der Waals surface area contributed by atoms with Crippen LogP contribution in [0.5, 0.6) is 0 Å². The molecular formula is C22H22N4O3. The van der Waals surface area contributed by atoms with Crippen molar-refractivity contribution in [3.05, 3.63) is 83.7 Å². The summed E-state index contributed by atoms with van der Waals surface area (Å²) in [5.74, 6) is -1.02. The average Bonchev–Trinajstić information content (AvgIpc) is 3.19. The van der Waals surface area contributed by atoms with Crippen molar-refractivity contribution in [2.75, 3.05) is 11.9 Å². The summed E-state index contributed by atoms with van der Waals surface area (Å²) in [5.41, 5.74) is 3.42. The summed E-state index contributed by atoms with van der Waals surface area (Å²) < 4.78 is 6.64. The van der Waals surface area contributed by atoms with Crippen molar-refractivity contribution in [3.63, 3.8) is 0 Å². The van der Waals surface area contributed by atoms with E-state index in [1.165, 1.54) is 12.2 Å². The fourth-order valence-corrected chi connectivity index (χ4v) is 2.64. The van der Waals surface area contributed by atoms with Gasteiger partial charge in [-0.05, 0) is 35.8 Å². The second-order valence-electron chi connectivity index (χ2n) is 6.37. The van der Waals surface area contributed by atoms with Crippen molar-refractivity contribution < 1.29 is 14.3 Å². The lowest BCUT2D eigenvalue weighted by molar-refractivity contribution is -0.142. The van der Waals surface area contributed by atoms with Gasteiger partial charge in [-0.3, -0.25) is 4.79 Å². The van der Waals surface area contributed by atoms with Gasteiger partial charge in [-0.15, -0.1) is 5.10 Å². The number of nitrogens with one attached hydrogen (secondary N) is 1. The Morgan fingerprint density at radius 3 is 2.69 bits per heavy atom. The molecule has 7 nitrogen and oxygen atoms in total. The van der Waals surface area contributed by atoms with Crippen LogP contribution in [0.3, 0.4) is 0 Å². The van der Waals surface area contributed by atoms with Gasteiger partial charge in [-0.25, -0.2) is 9.48 Å². The number of ether oxygens (including phenoxy) is 1. The monoisotopic (exact) mass is 390 g/mol. The van der Waals surface area contributed by atoms with E-state index in [0.29, 0.717) is 17.9 Å². The molecule has 29 heavy (non-hydrogen) atoms. The first kappa shape index (κ1) is 20.0. The zero-order chi connectivity index (χ0) is 20.5. The van der Waals surface area contributed by atoms with Crippen molar-refractivity contribution in [3.8, 4) is 0 Å². The van der Waals surface area contributed by atoms with Crippen LogP contribution in [0.4, 0.5) is 5.69 Å². The van der Waals surface area contributed by atoms with Gasteiger partial charge in [0.05, 0.1) is 12.7 Å². The van der Waals surface area contributed by atoms with Crippen LogP contribution < -0.4 is 5.32 Å². The van der Waals surface area contributed by atoms with E-state index in [4.69, 9.17) is 4.74 Å². The molecular weight excluding hydrogens is 368 g/mol. The van der Waals surface area contributed by atoms with Crippen LogP contribution >= 0.6 is 0 Å². The molecule has 0 saturated heterocycles. The third-order valence-corrected chi connectivity index (χ3v) is 4.10. The fraction of sp³-hybridized carbons (Fsp3) is 0.182. The maximum Gasteiger partial charge on any atom is 0.331 e. The lowest BCUT2D eigenvalue weighted by Gasteiger charge is -2.06. The van der Waals surface area contributed by atoms with Gasteiger partial charge < -0.3 is 10.1 Å². The number of carbonyl (C=O) groups excluding carboxylic acids is 2. The molecule has 0 bridgehead atoms. The number of benzene rings is 2. The summed E-state index contributed by atoms with van der Waals surface area (Å²) in [5, 5.41) is 10.7. The number of aromatic nitrogens is 3. The molecule has 0 aliphatic heterocycles. The Labute approximate surface area is 169 Å². The predicted octanol–water partition coefficient (Wildman–Crippen LogP) is 3.08. The van der Waals surface area contributed by atoms with Crippen LogP contribution in [-0.4, -0.2) is 33.5 Å². The van der Waals surface area contributed by atoms with Crippen LogP contribution in [0.2, 0.25) is 0 Å². The van der Waals surface area contributed by atoms with E-state index in [9.17, 15) is 9.59 Å². The van der Waals surface area contributed by atoms with Gasteiger partial charge in [-0.1, -0.05) is 54.6 Å². The van der Waals surface area contributed by atoms with E-state index in [1.807, 2.05) is 55.5 Å². The highest BCUT2D eigenvalue weighted by atomic mass is 16.5. The summed E-state index contributed by atoms with van der Waals surface area (Å²) >= 11 is 0. The number of esters is 1. The molecule has 1 heterocycles. The van der Waals surface area contributed by atoms with E-state index in [1.54, 1.807) is 16.9 Å². The van der Waals surface area contributed by atoms with Crippen LogP contribution in [-0.2, 0) is 27.3 Å². The number of nitrogens with zero attached hydrogens (tertiary/aromatic N) is 3. The molecule has 0 spiro atoms. The maximum atomic E-state index is 11.9. The molecule has 148 valence electrons. The standard InChI is InChI=1S/C22H22N4O3/c1-2-17-9-6-10-19(13-17)23-21(27)16-29-22(28)12-11-20-15-26(25-24-20)14-18-7-4-3-5-8-18/h3-13,15H,2,14,16H2,1H3,(H,23,27)/b12-11+. The summed E-state index contributed by atoms with van der Waals surface area (Å²) in [6, 6.07) is 17.4. The number of rotatable bonds is 8. The van der Waals surface area contributed by atoms with E-state index in [-0.39, 0.29) is 6.61 Å². The van der Waals surface area contributed by atoms with E-state index < -0.39 is 11.9 Å². The molecule has 1 aromatic heterocycles. The normalized spacial score (nSPS) is 10.8. The Balaban J connectivity index is 1.45. The number of amides is 1. The van der Waals surface area contributed by atoms with Crippen molar-refractivity contribution in [2.24, 2.45) is 0 Å². The topological polar surface area (TPSA) is 86.1 Å². The first-order chi connectivity index (χ1) is 14.1. The number of aryl methyl sites for hydroxylation is 1. The third-order valence-electron chi connectivity index (χ3n) is 4.10. The first-order valence-electron chi connectivity index (χ1n) is 9.30. The highest BCUT2D eigenvalue weighted by Gasteiger charge is 2.06. The highest BCUT2D eigenvalue weighted by molar-refractivity contribution is 5.94. The first-order valence-corrected chi connectivity index (χ1v) is 9.30. The van der Waals surface area contributed by atoms with Gasteiger partial charge in [0.1, 0.15) is 5.69 Å². The molecule has 0 atom stereocenters. The molecule has 3 rings (SSSR count). The molecule has 1 N–H and O–H groups in total. The van der Waals surface area contributed by atoms with Crippen molar-refractivity contribution >= 4 is 23.6 Å². The molecule has 0 radical (unpaired) electrons. The second kappa shape index (κ2) is 9.98. The highest BCUT2D eigenvalue weighted by Crippen LogP contribution is 2.11. The summed E-state index contributed by atoms with van der Waals surface area (Å²) in [6.45, 7) is 2.26. The minimum absolute atomic E-state index is 0.361. The molecule has 1 amide bonds. The van der Waals surface area contributed by atoms with E-state index in [2.05, 4.69) is 15.6 Å². The minimum Gasteiger partial charge on any atom is -0.452 e. The van der Waals surface area contributed by atoms with Crippen molar-refractivity contribution in [1.29, 1.82) is 0 Å². The van der Waals surface area contributed by atoms with Crippen LogP contribution in [0.1, 0.15) is 23.7 Å². The van der Waals surface area contributed by atoms with Gasteiger partial charge in [0.15, 0.2) is 6.61 Å². The predicted molar refractivity (Wildman–Crippen MR) is 110 cm³/mol. The molecule has 3 aromatic rings. The fourth-order valence-electron chi connectivity index (χ4n) is 2.64. The number of carbonyl (C=O) groups is 2. The second-order valence-corrected chi connectivity index (χ2v) is 6.37. The van der Waals surface area contributed by atoms with E-state index in [0.717, 1.165) is 17.5 Å². The number of hydrogen-bond acceptors (Lipinski definition) is 5. The lowest BCUT2D eigenvalue weighted by Crippen LogP contribution is -2.20. The average molecular weight is 390 g/mol. The summed E-state index contributed by atoms with van der Waals surface area (Å²) in [4.78, 5) is 23.8. The molecule has 2 aromatic carbocycles. The zero-order valence-corrected chi connectivity index (χ0v) is 16.1. The van der Waals surface area contributed by atoms with Gasteiger partial charge in [0.25, 0.3) is 5.91 Å². The summed E-state index contributed by atoms with van der Waals surface area (Å²) in [6.07, 6.45) is 5.32. The Hall–Kier alpha value is -3.74. The summed E-state index contributed by atoms with van der Waals surface area (Å²) in [7, 11) is 0. The number of anilines is 1. The van der Waals surface area contributed by atoms with E-state index >= 15 is 0 Å². The molecule has 0 unspecified atom stereocenters.